The van der Waals surface area contributed by atoms with Crippen molar-refractivity contribution in [3.63, 3.8) is 0 Å². The van der Waals surface area contributed by atoms with Gasteiger partial charge in [-0.1, -0.05) is 6.07 Å². The summed E-state index contributed by atoms with van der Waals surface area (Å²) in [5, 5.41) is 6.68. The van der Waals surface area contributed by atoms with E-state index in [4.69, 9.17) is 0 Å². The highest BCUT2D eigenvalue weighted by molar-refractivity contribution is 5.70. The third-order valence-electron chi connectivity index (χ3n) is 7.08. The summed E-state index contributed by atoms with van der Waals surface area (Å²) in [7, 11) is 2.14. The lowest BCUT2D eigenvalue weighted by Gasteiger charge is -2.31. The maximum atomic E-state index is 12.7. The molecule has 1 aliphatic heterocycles. The van der Waals surface area contributed by atoms with Crippen LogP contribution in [0.3, 0.4) is 0 Å². The summed E-state index contributed by atoms with van der Waals surface area (Å²) < 4.78 is 1.44. The SMILES string of the molecule is CN1CCN(Cc2cc(=O)n3[nH]c(Nc4c5c(cc6c4CCC6)CCC5)nc3n2)CC1. The molecule has 8 nitrogen and oxygen atoms in total. The van der Waals surface area contributed by atoms with Crippen LogP contribution in [0.4, 0.5) is 11.6 Å². The smallest absolute Gasteiger partial charge is 0.274 e. The van der Waals surface area contributed by atoms with Gasteiger partial charge in [-0.25, -0.2) is 4.98 Å². The zero-order chi connectivity index (χ0) is 20.9. The summed E-state index contributed by atoms with van der Waals surface area (Å²) >= 11 is 0. The van der Waals surface area contributed by atoms with Gasteiger partial charge in [0.05, 0.1) is 5.69 Å². The van der Waals surface area contributed by atoms with E-state index in [0.717, 1.165) is 57.6 Å². The van der Waals surface area contributed by atoms with Crippen molar-refractivity contribution < 1.29 is 0 Å². The molecule has 2 aromatic heterocycles. The van der Waals surface area contributed by atoms with Crippen LogP contribution in [0.5, 0.6) is 0 Å². The van der Waals surface area contributed by atoms with Crippen LogP contribution in [0, 0.1) is 0 Å². The molecular formula is C23H29N7O. The summed E-state index contributed by atoms with van der Waals surface area (Å²) in [6.07, 6.45) is 6.96. The largest absolute Gasteiger partial charge is 0.324 e. The lowest BCUT2D eigenvalue weighted by molar-refractivity contribution is 0.147. The highest BCUT2D eigenvalue weighted by atomic mass is 16.1. The lowest BCUT2D eigenvalue weighted by atomic mass is 9.99. The molecule has 0 spiro atoms. The summed E-state index contributed by atoms with van der Waals surface area (Å²) in [6, 6.07) is 4.05. The minimum Gasteiger partial charge on any atom is -0.324 e. The van der Waals surface area contributed by atoms with Crippen LogP contribution in [0.25, 0.3) is 5.78 Å². The molecule has 0 unspecified atom stereocenters. The van der Waals surface area contributed by atoms with E-state index in [0.29, 0.717) is 18.3 Å². The highest BCUT2D eigenvalue weighted by Crippen LogP contribution is 2.39. The van der Waals surface area contributed by atoms with Crippen molar-refractivity contribution in [2.24, 2.45) is 0 Å². The van der Waals surface area contributed by atoms with Gasteiger partial charge in [-0.05, 0) is 67.8 Å². The Morgan fingerprint density at radius 2 is 1.68 bits per heavy atom. The summed E-state index contributed by atoms with van der Waals surface area (Å²) in [5.41, 5.74) is 7.70. The molecular weight excluding hydrogens is 390 g/mol. The number of H-pyrrole nitrogens is 1. The molecule has 3 aliphatic rings. The first kappa shape index (κ1) is 19.0. The zero-order valence-electron chi connectivity index (χ0n) is 18.1. The maximum absolute atomic E-state index is 12.7. The summed E-state index contributed by atoms with van der Waals surface area (Å²) in [5.74, 6) is 1.03. The van der Waals surface area contributed by atoms with E-state index in [1.807, 2.05) is 0 Å². The van der Waals surface area contributed by atoms with Crippen molar-refractivity contribution in [1.29, 1.82) is 0 Å². The molecule has 3 heterocycles. The number of rotatable bonds is 4. The molecule has 0 bridgehead atoms. The molecule has 2 aliphatic carbocycles. The third-order valence-corrected chi connectivity index (χ3v) is 7.08. The number of hydrogen-bond acceptors (Lipinski definition) is 6. The van der Waals surface area contributed by atoms with Gasteiger partial charge in [0.1, 0.15) is 0 Å². The molecule has 1 fully saturated rings. The Morgan fingerprint density at radius 3 is 2.39 bits per heavy atom. The zero-order valence-corrected chi connectivity index (χ0v) is 18.1. The summed E-state index contributed by atoms with van der Waals surface area (Å²) in [4.78, 5) is 26.7. The Hall–Kier alpha value is -2.71. The fraction of sp³-hybridized carbons (Fsp3) is 0.522. The van der Waals surface area contributed by atoms with Crippen molar-refractivity contribution in [3.05, 3.63) is 50.4 Å². The van der Waals surface area contributed by atoms with Gasteiger partial charge in [-0.3, -0.25) is 14.8 Å². The first-order valence-electron chi connectivity index (χ1n) is 11.5. The Labute approximate surface area is 181 Å². The fourth-order valence-corrected chi connectivity index (χ4v) is 5.38. The van der Waals surface area contributed by atoms with Crippen molar-refractivity contribution in [2.75, 3.05) is 38.5 Å². The Bertz CT molecular complexity index is 1170. The van der Waals surface area contributed by atoms with Crippen molar-refractivity contribution in [2.45, 2.75) is 45.1 Å². The number of fused-ring (bicyclic) bond motifs is 3. The highest BCUT2D eigenvalue weighted by Gasteiger charge is 2.25. The quantitative estimate of drug-likeness (QED) is 0.672. The number of anilines is 2. The van der Waals surface area contributed by atoms with E-state index in [-0.39, 0.29) is 5.56 Å². The number of hydrogen-bond donors (Lipinski definition) is 2. The maximum Gasteiger partial charge on any atom is 0.274 e. The van der Waals surface area contributed by atoms with Crippen LogP contribution in [-0.4, -0.2) is 62.6 Å². The minimum absolute atomic E-state index is 0.113. The molecule has 0 atom stereocenters. The molecule has 2 N–H and O–H groups in total. The number of likely N-dealkylation sites (N-methyl/N-ethyl adjacent to an activating group) is 1. The predicted octanol–water partition coefficient (Wildman–Crippen LogP) is 1.89. The van der Waals surface area contributed by atoms with Crippen LogP contribution >= 0.6 is 0 Å². The van der Waals surface area contributed by atoms with Gasteiger partial charge in [0, 0.05) is 44.5 Å². The second-order valence-corrected chi connectivity index (χ2v) is 9.23. The standard InChI is InChI=1S/C23H29N7O/c1-28-8-10-29(11-9-28)14-17-13-20(31)30-23(24-17)26-22(27-30)25-21-18-6-2-4-15(18)12-16-5-3-7-19(16)21/h12-13H,2-11,14H2,1H3,(H2,24,25,26,27). The van der Waals surface area contributed by atoms with Gasteiger partial charge in [-0.2, -0.15) is 9.50 Å². The molecule has 0 saturated carbocycles. The second-order valence-electron chi connectivity index (χ2n) is 9.23. The molecule has 1 aromatic carbocycles. The first-order valence-corrected chi connectivity index (χ1v) is 11.5. The van der Waals surface area contributed by atoms with Gasteiger partial charge in [0.25, 0.3) is 11.3 Å². The van der Waals surface area contributed by atoms with Crippen LogP contribution in [0.2, 0.25) is 0 Å². The minimum atomic E-state index is -0.113. The average Bonchev–Trinajstić information content (AvgIpc) is 3.48. The first-order chi connectivity index (χ1) is 15.1. The second kappa shape index (κ2) is 7.46. The number of aromatic amines is 1. The molecule has 1 saturated heterocycles. The van der Waals surface area contributed by atoms with Gasteiger partial charge < -0.3 is 10.2 Å². The van der Waals surface area contributed by atoms with E-state index in [1.165, 1.54) is 45.3 Å². The van der Waals surface area contributed by atoms with Crippen LogP contribution in [0.15, 0.2) is 16.9 Å². The molecule has 6 rings (SSSR count). The Kier molecular flexibility index (Phi) is 4.57. The van der Waals surface area contributed by atoms with E-state index in [1.54, 1.807) is 6.07 Å². The number of piperazine rings is 1. The normalized spacial score (nSPS) is 19.1. The van der Waals surface area contributed by atoms with E-state index in [9.17, 15) is 4.79 Å². The molecule has 0 amide bonds. The van der Waals surface area contributed by atoms with Crippen LogP contribution in [-0.2, 0) is 32.2 Å². The number of nitrogens with one attached hydrogen (secondary N) is 2. The fourth-order valence-electron chi connectivity index (χ4n) is 5.38. The van der Waals surface area contributed by atoms with Crippen LogP contribution < -0.4 is 10.9 Å². The lowest BCUT2D eigenvalue weighted by Crippen LogP contribution is -2.44. The van der Waals surface area contributed by atoms with Crippen molar-refractivity contribution >= 4 is 17.4 Å². The van der Waals surface area contributed by atoms with Crippen LogP contribution in [0.1, 0.15) is 40.8 Å². The van der Waals surface area contributed by atoms with Crippen molar-refractivity contribution in [1.82, 2.24) is 29.4 Å². The molecule has 8 heteroatoms. The van der Waals surface area contributed by atoms with Gasteiger partial charge in [-0.15, -0.1) is 0 Å². The van der Waals surface area contributed by atoms with Gasteiger partial charge in [0.2, 0.25) is 5.95 Å². The topological polar surface area (TPSA) is 81.6 Å². The van der Waals surface area contributed by atoms with Gasteiger partial charge in [0.15, 0.2) is 0 Å². The third kappa shape index (κ3) is 3.43. The number of aromatic nitrogens is 4. The summed E-state index contributed by atoms with van der Waals surface area (Å²) in [6.45, 7) is 4.77. The van der Waals surface area contributed by atoms with E-state index >= 15 is 0 Å². The Morgan fingerprint density at radius 1 is 0.968 bits per heavy atom. The number of benzene rings is 1. The average molecular weight is 420 g/mol. The molecule has 0 radical (unpaired) electrons. The molecule has 31 heavy (non-hydrogen) atoms. The van der Waals surface area contributed by atoms with E-state index < -0.39 is 0 Å². The Balaban J connectivity index is 1.31. The predicted molar refractivity (Wildman–Crippen MR) is 120 cm³/mol. The molecule has 3 aromatic rings. The monoisotopic (exact) mass is 419 g/mol. The number of aryl methyl sites for hydroxylation is 2. The number of nitrogens with zero attached hydrogens (tertiary/aromatic N) is 5. The van der Waals surface area contributed by atoms with E-state index in [2.05, 4.69) is 43.3 Å². The molecule has 162 valence electrons. The van der Waals surface area contributed by atoms with Gasteiger partial charge >= 0.3 is 0 Å². The van der Waals surface area contributed by atoms with Crippen molar-refractivity contribution in [3.8, 4) is 0 Å².